The molecule has 0 amide bonds. The van der Waals surface area contributed by atoms with Crippen molar-refractivity contribution >= 4 is 17.5 Å². The minimum atomic E-state index is -0.641. The number of hydrogen-bond acceptors (Lipinski definition) is 6. The van der Waals surface area contributed by atoms with Crippen LogP contribution in [0, 0.1) is 20.2 Å². The van der Waals surface area contributed by atoms with Crippen molar-refractivity contribution in [2.45, 2.75) is 13.8 Å². The average Bonchev–Trinajstić information content (AvgIpc) is 2.89. The van der Waals surface area contributed by atoms with Crippen LogP contribution in [0.3, 0.4) is 0 Å². The Kier molecular flexibility index (Phi) is 4.40. The molecule has 1 heterocycles. The number of non-ortho nitro benzene ring substituents is 1. The standard InChI is InChI=1S/C14H16N4O4/c1-3-15-7-8-16(4-2)14(15)9-11-5-6-12(17(19)20)10-13(11)18(21)22/h5-10H,3-4H2,1-2H3. The number of rotatable bonds is 5. The van der Waals surface area contributed by atoms with Gasteiger partial charge in [-0.3, -0.25) is 20.2 Å². The highest BCUT2D eigenvalue weighted by Gasteiger charge is 2.22. The first-order chi connectivity index (χ1) is 10.5. The Morgan fingerprint density at radius 2 is 1.64 bits per heavy atom. The van der Waals surface area contributed by atoms with Crippen molar-refractivity contribution in [1.29, 1.82) is 0 Å². The molecule has 8 nitrogen and oxygen atoms in total. The lowest BCUT2D eigenvalue weighted by Crippen LogP contribution is -2.22. The molecule has 1 aliphatic rings. The zero-order chi connectivity index (χ0) is 16.3. The molecule has 0 spiro atoms. The monoisotopic (exact) mass is 304 g/mol. The van der Waals surface area contributed by atoms with Crippen LogP contribution in [0.2, 0.25) is 0 Å². The van der Waals surface area contributed by atoms with E-state index in [1.54, 1.807) is 6.08 Å². The molecule has 0 bridgehead atoms. The zero-order valence-electron chi connectivity index (χ0n) is 12.3. The fraction of sp³-hybridized carbons (Fsp3) is 0.286. The molecule has 8 heteroatoms. The summed E-state index contributed by atoms with van der Waals surface area (Å²) in [6.07, 6.45) is 5.47. The van der Waals surface area contributed by atoms with E-state index in [0.29, 0.717) is 5.56 Å². The molecule has 0 saturated heterocycles. The largest absolute Gasteiger partial charge is 0.333 e. The van der Waals surface area contributed by atoms with Crippen molar-refractivity contribution in [1.82, 2.24) is 9.80 Å². The zero-order valence-corrected chi connectivity index (χ0v) is 12.3. The number of nitro benzene ring substituents is 2. The molecule has 0 atom stereocenters. The maximum atomic E-state index is 11.2. The lowest BCUT2D eigenvalue weighted by atomic mass is 10.1. The van der Waals surface area contributed by atoms with Gasteiger partial charge in [0, 0.05) is 31.6 Å². The fourth-order valence-electron chi connectivity index (χ4n) is 2.24. The van der Waals surface area contributed by atoms with Crippen LogP contribution in [0.1, 0.15) is 19.4 Å². The third-order valence-electron chi connectivity index (χ3n) is 3.40. The lowest BCUT2D eigenvalue weighted by Gasteiger charge is -2.22. The van der Waals surface area contributed by atoms with E-state index >= 15 is 0 Å². The van der Waals surface area contributed by atoms with Gasteiger partial charge in [-0.15, -0.1) is 0 Å². The first-order valence-corrected chi connectivity index (χ1v) is 6.84. The van der Waals surface area contributed by atoms with E-state index in [1.807, 2.05) is 36.0 Å². The van der Waals surface area contributed by atoms with Gasteiger partial charge >= 0.3 is 0 Å². The highest BCUT2D eigenvalue weighted by atomic mass is 16.6. The maximum absolute atomic E-state index is 11.2. The molecule has 116 valence electrons. The number of benzene rings is 1. The van der Waals surface area contributed by atoms with Crippen LogP contribution in [0.15, 0.2) is 36.4 Å². The lowest BCUT2D eigenvalue weighted by molar-refractivity contribution is -0.394. The molecule has 1 aliphatic heterocycles. The number of nitrogens with zero attached hydrogens (tertiary/aromatic N) is 4. The van der Waals surface area contributed by atoms with Crippen LogP contribution in [0.25, 0.3) is 6.08 Å². The van der Waals surface area contributed by atoms with E-state index in [1.165, 1.54) is 12.1 Å². The van der Waals surface area contributed by atoms with Crippen molar-refractivity contribution in [3.63, 3.8) is 0 Å². The SMILES string of the molecule is CCN1C=CN(CC)C1=Cc1ccc([N+](=O)[O-])cc1[N+](=O)[O-]. The highest BCUT2D eigenvalue weighted by Crippen LogP contribution is 2.29. The molecular weight excluding hydrogens is 288 g/mol. The van der Waals surface area contributed by atoms with Gasteiger partial charge in [0.05, 0.1) is 21.5 Å². The fourth-order valence-corrected chi connectivity index (χ4v) is 2.24. The summed E-state index contributed by atoms with van der Waals surface area (Å²) in [7, 11) is 0. The van der Waals surface area contributed by atoms with Gasteiger partial charge in [-0.1, -0.05) is 0 Å². The number of nitro groups is 2. The van der Waals surface area contributed by atoms with Gasteiger partial charge in [0.25, 0.3) is 11.4 Å². The van der Waals surface area contributed by atoms with E-state index < -0.39 is 9.85 Å². The summed E-state index contributed by atoms with van der Waals surface area (Å²) in [4.78, 5) is 24.6. The van der Waals surface area contributed by atoms with Gasteiger partial charge in [0.1, 0.15) is 5.82 Å². The normalized spacial score (nSPS) is 13.6. The second-order valence-electron chi connectivity index (χ2n) is 4.63. The second kappa shape index (κ2) is 6.25. The molecule has 0 N–H and O–H groups in total. The summed E-state index contributed by atoms with van der Waals surface area (Å²) in [5.74, 6) is 0.807. The predicted molar refractivity (Wildman–Crippen MR) is 81.6 cm³/mol. The van der Waals surface area contributed by atoms with Gasteiger partial charge in [-0.05, 0) is 26.0 Å². The second-order valence-corrected chi connectivity index (χ2v) is 4.63. The van der Waals surface area contributed by atoms with Crippen LogP contribution in [0.4, 0.5) is 11.4 Å². The Balaban J connectivity index is 2.50. The minimum Gasteiger partial charge on any atom is -0.333 e. The van der Waals surface area contributed by atoms with Crippen LogP contribution in [-0.4, -0.2) is 32.7 Å². The third kappa shape index (κ3) is 2.90. The Morgan fingerprint density at radius 3 is 2.09 bits per heavy atom. The topological polar surface area (TPSA) is 92.8 Å². The molecule has 2 rings (SSSR count). The van der Waals surface area contributed by atoms with Crippen LogP contribution < -0.4 is 0 Å². The molecule has 0 saturated carbocycles. The van der Waals surface area contributed by atoms with Crippen LogP contribution in [-0.2, 0) is 0 Å². The van der Waals surface area contributed by atoms with Crippen molar-refractivity contribution < 1.29 is 9.85 Å². The molecule has 22 heavy (non-hydrogen) atoms. The smallest absolute Gasteiger partial charge is 0.283 e. The Bertz CT molecular complexity index is 653. The quantitative estimate of drug-likeness (QED) is 0.613. The summed E-state index contributed by atoms with van der Waals surface area (Å²) in [5, 5.41) is 22.0. The van der Waals surface area contributed by atoms with E-state index in [9.17, 15) is 20.2 Å². The van der Waals surface area contributed by atoms with Gasteiger partial charge in [0.2, 0.25) is 0 Å². The first-order valence-electron chi connectivity index (χ1n) is 6.84. The molecule has 1 aromatic rings. The van der Waals surface area contributed by atoms with Crippen molar-refractivity contribution in [2.75, 3.05) is 13.1 Å². The van der Waals surface area contributed by atoms with E-state index in [2.05, 4.69) is 0 Å². The Morgan fingerprint density at radius 1 is 1.05 bits per heavy atom. The van der Waals surface area contributed by atoms with Gasteiger partial charge in [0.15, 0.2) is 0 Å². The summed E-state index contributed by atoms with van der Waals surface area (Å²) in [6.45, 7) is 5.39. The first kappa shape index (κ1) is 15.5. The van der Waals surface area contributed by atoms with Crippen LogP contribution in [0.5, 0.6) is 0 Å². The molecule has 0 unspecified atom stereocenters. The summed E-state index contributed by atoms with van der Waals surface area (Å²) < 4.78 is 0. The summed E-state index contributed by atoms with van der Waals surface area (Å²) >= 11 is 0. The molecule has 0 aliphatic carbocycles. The average molecular weight is 304 g/mol. The van der Waals surface area contributed by atoms with E-state index in [0.717, 1.165) is 25.0 Å². The van der Waals surface area contributed by atoms with Crippen molar-refractivity contribution in [2.24, 2.45) is 0 Å². The van der Waals surface area contributed by atoms with E-state index in [-0.39, 0.29) is 11.4 Å². The van der Waals surface area contributed by atoms with Gasteiger partial charge in [-0.2, -0.15) is 0 Å². The molecular formula is C14H16N4O4. The highest BCUT2D eigenvalue weighted by molar-refractivity contribution is 5.65. The van der Waals surface area contributed by atoms with E-state index in [4.69, 9.17) is 0 Å². The van der Waals surface area contributed by atoms with Crippen LogP contribution >= 0.6 is 0 Å². The van der Waals surface area contributed by atoms with Gasteiger partial charge in [-0.25, -0.2) is 0 Å². The summed E-state index contributed by atoms with van der Waals surface area (Å²) in [5.41, 5.74) is -0.231. The molecule has 0 radical (unpaired) electrons. The number of hydrogen-bond donors (Lipinski definition) is 0. The molecule has 0 aromatic heterocycles. The maximum Gasteiger partial charge on any atom is 0.283 e. The third-order valence-corrected chi connectivity index (χ3v) is 3.40. The van der Waals surface area contributed by atoms with Crippen molar-refractivity contribution in [3.05, 3.63) is 62.2 Å². The molecule has 1 aromatic carbocycles. The van der Waals surface area contributed by atoms with Gasteiger partial charge < -0.3 is 9.80 Å². The van der Waals surface area contributed by atoms with Crippen molar-refractivity contribution in [3.8, 4) is 0 Å². The minimum absolute atomic E-state index is 0.277. The predicted octanol–water partition coefficient (Wildman–Crippen LogP) is 2.93. The summed E-state index contributed by atoms with van der Waals surface area (Å²) in [6, 6.07) is 3.67. The molecule has 0 fully saturated rings. The Labute approximate surface area is 127 Å². The Hall–Kier alpha value is -2.90.